The largest absolute Gasteiger partial charge is 0.339 e. The molecule has 2 aliphatic carbocycles. The highest BCUT2D eigenvalue weighted by Gasteiger charge is 2.44. The summed E-state index contributed by atoms with van der Waals surface area (Å²) in [6.45, 7) is 5.47. The van der Waals surface area contributed by atoms with Gasteiger partial charge in [-0.15, -0.1) is 0 Å². The van der Waals surface area contributed by atoms with Crippen molar-refractivity contribution in [3.8, 4) is 0 Å². The summed E-state index contributed by atoms with van der Waals surface area (Å²) < 4.78 is 5.48. The van der Waals surface area contributed by atoms with Gasteiger partial charge >= 0.3 is 0 Å². The summed E-state index contributed by atoms with van der Waals surface area (Å²) in [5, 5.41) is 7.71. The van der Waals surface area contributed by atoms with Gasteiger partial charge in [-0.3, -0.25) is 0 Å². The Kier molecular flexibility index (Phi) is 3.14. The summed E-state index contributed by atoms with van der Waals surface area (Å²) in [5.74, 6) is 2.31. The minimum Gasteiger partial charge on any atom is -0.339 e. The Bertz CT molecular complexity index is 403. The van der Waals surface area contributed by atoms with Gasteiger partial charge in [0, 0.05) is 17.4 Å². The van der Waals surface area contributed by atoms with Crippen LogP contribution in [0.5, 0.6) is 0 Å². The molecule has 1 aromatic heterocycles. The van der Waals surface area contributed by atoms with Crippen LogP contribution in [0.3, 0.4) is 0 Å². The molecule has 1 N–H and O–H groups in total. The first-order valence-corrected chi connectivity index (χ1v) is 7.29. The van der Waals surface area contributed by atoms with Gasteiger partial charge in [0.1, 0.15) is 0 Å². The molecule has 1 aromatic rings. The van der Waals surface area contributed by atoms with Crippen LogP contribution < -0.4 is 5.32 Å². The maximum Gasteiger partial charge on any atom is 0.229 e. The quantitative estimate of drug-likeness (QED) is 0.891. The van der Waals surface area contributed by atoms with Crippen LogP contribution in [0.4, 0.5) is 0 Å². The molecular weight excluding hydrogens is 226 g/mol. The molecule has 2 fully saturated rings. The molecule has 0 radical (unpaired) electrons. The number of hydrogen-bond donors (Lipinski definition) is 1. The monoisotopic (exact) mass is 249 g/mol. The molecule has 0 spiro atoms. The standard InChI is InChI=1S/C14H23N3O/c1-3-15-11-6-4-10(5-7-11)12-16-13(17-18-12)14(2)8-9-14/h10-11,15H,3-9H2,1-2H3. The van der Waals surface area contributed by atoms with E-state index in [-0.39, 0.29) is 5.41 Å². The first kappa shape index (κ1) is 12.2. The van der Waals surface area contributed by atoms with E-state index in [1.807, 2.05) is 0 Å². The Hall–Kier alpha value is -0.900. The van der Waals surface area contributed by atoms with E-state index in [1.54, 1.807) is 0 Å². The molecule has 2 saturated carbocycles. The van der Waals surface area contributed by atoms with Crippen LogP contribution in [0, 0.1) is 0 Å². The minimum absolute atomic E-state index is 0.225. The zero-order valence-electron chi connectivity index (χ0n) is 11.4. The lowest BCUT2D eigenvalue weighted by molar-refractivity contribution is 0.283. The van der Waals surface area contributed by atoms with Gasteiger partial charge in [-0.05, 0) is 45.1 Å². The summed E-state index contributed by atoms with van der Waals surface area (Å²) in [6, 6.07) is 0.689. The zero-order valence-corrected chi connectivity index (χ0v) is 11.4. The second-order valence-electron chi connectivity index (χ2n) is 6.12. The minimum atomic E-state index is 0.225. The van der Waals surface area contributed by atoms with Gasteiger partial charge in [-0.2, -0.15) is 4.98 Å². The van der Waals surface area contributed by atoms with E-state index in [9.17, 15) is 0 Å². The predicted molar refractivity (Wildman–Crippen MR) is 69.6 cm³/mol. The van der Waals surface area contributed by atoms with Gasteiger partial charge in [0.2, 0.25) is 5.89 Å². The second kappa shape index (κ2) is 4.65. The van der Waals surface area contributed by atoms with Crippen LogP contribution in [0.1, 0.15) is 70.0 Å². The fraction of sp³-hybridized carbons (Fsp3) is 0.857. The number of nitrogens with zero attached hydrogens (tertiary/aromatic N) is 2. The van der Waals surface area contributed by atoms with Crippen molar-refractivity contribution in [2.75, 3.05) is 6.54 Å². The van der Waals surface area contributed by atoms with E-state index in [4.69, 9.17) is 4.52 Å². The second-order valence-corrected chi connectivity index (χ2v) is 6.12. The third kappa shape index (κ3) is 2.30. The maximum absolute atomic E-state index is 5.48. The molecule has 0 bridgehead atoms. The van der Waals surface area contributed by atoms with Crippen LogP contribution in [-0.2, 0) is 5.41 Å². The Morgan fingerprint density at radius 3 is 2.61 bits per heavy atom. The Labute approximate surface area is 109 Å². The Morgan fingerprint density at radius 2 is 2.00 bits per heavy atom. The van der Waals surface area contributed by atoms with Gasteiger partial charge < -0.3 is 9.84 Å². The SMILES string of the molecule is CCNC1CCC(c2nc(C3(C)CC3)no2)CC1. The van der Waals surface area contributed by atoms with Crippen LogP contribution >= 0.6 is 0 Å². The Morgan fingerprint density at radius 1 is 1.28 bits per heavy atom. The normalized spacial score (nSPS) is 30.3. The average molecular weight is 249 g/mol. The van der Waals surface area contributed by atoms with Crippen molar-refractivity contribution >= 4 is 0 Å². The molecule has 0 amide bonds. The smallest absolute Gasteiger partial charge is 0.229 e. The first-order valence-electron chi connectivity index (χ1n) is 7.29. The van der Waals surface area contributed by atoms with Crippen LogP contribution in [0.15, 0.2) is 4.52 Å². The lowest BCUT2D eigenvalue weighted by Crippen LogP contribution is -2.32. The number of hydrogen-bond acceptors (Lipinski definition) is 4. The van der Waals surface area contributed by atoms with E-state index >= 15 is 0 Å². The zero-order chi connectivity index (χ0) is 12.6. The van der Waals surface area contributed by atoms with Gasteiger partial charge in [-0.1, -0.05) is 19.0 Å². The summed E-state index contributed by atoms with van der Waals surface area (Å²) in [5.41, 5.74) is 0.225. The summed E-state index contributed by atoms with van der Waals surface area (Å²) >= 11 is 0. The van der Waals surface area contributed by atoms with E-state index in [0.717, 1.165) is 18.3 Å². The van der Waals surface area contributed by atoms with Crippen molar-refractivity contribution in [2.24, 2.45) is 0 Å². The highest BCUT2D eigenvalue weighted by atomic mass is 16.5. The molecule has 0 aromatic carbocycles. The lowest BCUT2D eigenvalue weighted by atomic mass is 9.86. The van der Waals surface area contributed by atoms with Crippen LogP contribution in [0.25, 0.3) is 0 Å². The van der Waals surface area contributed by atoms with Gasteiger partial charge in [0.05, 0.1) is 0 Å². The topological polar surface area (TPSA) is 51.0 Å². The van der Waals surface area contributed by atoms with E-state index in [2.05, 4.69) is 29.3 Å². The highest BCUT2D eigenvalue weighted by molar-refractivity contribution is 5.15. The fourth-order valence-corrected chi connectivity index (χ4v) is 2.89. The van der Waals surface area contributed by atoms with Crippen molar-refractivity contribution in [3.63, 3.8) is 0 Å². The fourth-order valence-electron chi connectivity index (χ4n) is 2.89. The molecule has 0 unspecified atom stereocenters. The number of rotatable bonds is 4. The van der Waals surface area contributed by atoms with Crippen molar-refractivity contribution in [3.05, 3.63) is 11.7 Å². The molecule has 0 saturated heterocycles. The van der Waals surface area contributed by atoms with Gasteiger partial charge in [0.15, 0.2) is 5.82 Å². The number of nitrogens with one attached hydrogen (secondary N) is 1. The van der Waals surface area contributed by atoms with Gasteiger partial charge in [0.25, 0.3) is 0 Å². The van der Waals surface area contributed by atoms with E-state index < -0.39 is 0 Å². The molecule has 3 rings (SSSR count). The highest BCUT2D eigenvalue weighted by Crippen LogP contribution is 2.46. The first-order chi connectivity index (χ1) is 8.71. The molecule has 4 heteroatoms. The number of aromatic nitrogens is 2. The molecule has 100 valence electrons. The van der Waals surface area contributed by atoms with E-state index in [1.165, 1.54) is 38.5 Å². The van der Waals surface area contributed by atoms with Crippen LogP contribution in [-0.4, -0.2) is 22.7 Å². The summed E-state index contributed by atoms with van der Waals surface area (Å²) in [7, 11) is 0. The van der Waals surface area contributed by atoms with E-state index in [0.29, 0.717) is 12.0 Å². The molecule has 0 aliphatic heterocycles. The summed E-state index contributed by atoms with van der Waals surface area (Å²) in [4.78, 5) is 4.64. The predicted octanol–water partition coefficient (Wildman–Crippen LogP) is 2.76. The molecular formula is C14H23N3O. The van der Waals surface area contributed by atoms with Crippen LogP contribution in [0.2, 0.25) is 0 Å². The third-order valence-corrected chi connectivity index (χ3v) is 4.55. The Balaban J connectivity index is 1.61. The lowest BCUT2D eigenvalue weighted by Gasteiger charge is -2.26. The third-order valence-electron chi connectivity index (χ3n) is 4.55. The summed E-state index contributed by atoms with van der Waals surface area (Å²) in [6.07, 6.45) is 7.23. The van der Waals surface area contributed by atoms with Crippen molar-refractivity contribution in [1.82, 2.24) is 15.5 Å². The van der Waals surface area contributed by atoms with Crippen molar-refractivity contribution in [1.29, 1.82) is 0 Å². The van der Waals surface area contributed by atoms with Gasteiger partial charge in [-0.25, -0.2) is 0 Å². The molecule has 18 heavy (non-hydrogen) atoms. The average Bonchev–Trinajstić information content (AvgIpc) is 2.95. The maximum atomic E-state index is 5.48. The molecule has 4 nitrogen and oxygen atoms in total. The van der Waals surface area contributed by atoms with Crippen molar-refractivity contribution < 1.29 is 4.52 Å². The molecule has 2 aliphatic rings. The molecule has 0 atom stereocenters. The van der Waals surface area contributed by atoms with Crippen molar-refractivity contribution in [2.45, 2.75) is 69.7 Å². The molecule has 1 heterocycles.